The predicted octanol–water partition coefficient (Wildman–Crippen LogP) is 4.09. The Labute approximate surface area is 116 Å². The Kier molecular flexibility index (Phi) is 4.39. The topological polar surface area (TPSA) is 29.1 Å². The lowest BCUT2D eigenvalue weighted by Gasteiger charge is -2.06. The minimum absolute atomic E-state index is 0.0566. The molecule has 0 aliphatic heterocycles. The van der Waals surface area contributed by atoms with Crippen LogP contribution < -0.4 is 5.32 Å². The SMILES string of the molecule is Cc1cscc1C(=O)Nc1ccc(CCCl)cc1. The van der Waals surface area contributed by atoms with Gasteiger partial charge in [-0.1, -0.05) is 12.1 Å². The van der Waals surface area contributed by atoms with Crippen LogP contribution in [-0.2, 0) is 6.42 Å². The Morgan fingerprint density at radius 1 is 1.28 bits per heavy atom. The molecule has 1 amide bonds. The molecule has 2 aromatic rings. The number of halogens is 1. The van der Waals surface area contributed by atoms with Gasteiger partial charge in [-0.25, -0.2) is 0 Å². The summed E-state index contributed by atoms with van der Waals surface area (Å²) in [6, 6.07) is 7.78. The minimum Gasteiger partial charge on any atom is -0.322 e. The fourth-order valence-electron chi connectivity index (χ4n) is 1.66. The van der Waals surface area contributed by atoms with E-state index in [0.29, 0.717) is 5.88 Å². The number of anilines is 1. The maximum absolute atomic E-state index is 12.0. The number of hydrogen-bond acceptors (Lipinski definition) is 2. The van der Waals surface area contributed by atoms with Gasteiger partial charge in [0.1, 0.15) is 0 Å². The van der Waals surface area contributed by atoms with E-state index in [1.807, 2.05) is 41.9 Å². The van der Waals surface area contributed by atoms with Crippen molar-refractivity contribution < 1.29 is 4.79 Å². The molecule has 18 heavy (non-hydrogen) atoms. The van der Waals surface area contributed by atoms with E-state index >= 15 is 0 Å². The molecule has 0 bridgehead atoms. The van der Waals surface area contributed by atoms with Crippen LogP contribution in [0.5, 0.6) is 0 Å². The van der Waals surface area contributed by atoms with Crippen molar-refractivity contribution in [1.29, 1.82) is 0 Å². The van der Waals surface area contributed by atoms with Crippen LogP contribution in [0.2, 0.25) is 0 Å². The number of rotatable bonds is 4. The van der Waals surface area contributed by atoms with Gasteiger partial charge < -0.3 is 5.32 Å². The van der Waals surface area contributed by atoms with Crippen LogP contribution in [0, 0.1) is 6.92 Å². The summed E-state index contributed by atoms with van der Waals surface area (Å²) in [7, 11) is 0. The molecule has 4 heteroatoms. The Morgan fingerprint density at radius 3 is 2.56 bits per heavy atom. The van der Waals surface area contributed by atoms with Crippen LogP contribution in [0.4, 0.5) is 5.69 Å². The van der Waals surface area contributed by atoms with Gasteiger partial charge in [0.05, 0.1) is 5.56 Å². The minimum atomic E-state index is -0.0566. The Morgan fingerprint density at radius 2 is 2.00 bits per heavy atom. The van der Waals surface area contributed by atoms with Gasteiger partial charge in [-0.3, -0.25) is 4.79 Å². The van der Waals surface area contributed by atoms with Crippen molar-refractivity contribution in [2.75, 3.05) is 11.2 Å². The molecule has 0 spiro atoms. The molecule has 1 heterocycles. The molecule has 0 radical (unpaired) electrons. The van der Waals surface area contributed by atoms with Gasteiger partial charge in [-0.15, -0.1) is 11.6 Å². The van der Waals surface area contributed by atoms with E-state index in [4.69, 9.17) is 11.6 Å². The summed E-state index contributed by atoms with van der Waals surface area (Å²) < 4.78 is 0. The number of aryl methyl sites for hydroxylation is 2. The first-order valence-electron chi connectivity index (χ1n) is 5.70. The third-order valence-electron chi connectivity index (χ3n) is 2.70. The first-order valence-corrected chi connectivity index (χ1v) is 7.17. The van der Waals surface area contributed by atoms with Gasteiger partial charge >= 0.3 is 0 Å². The summed E-state index contributed by atoms with van der Waals surface area (Å²) in [5, 5.41) is 6.73. The number of thiophene rings is 1. The number of carbonyl (C=O) groups is 1. The van der Waals surface area contributed by atoms with Crippen LogP contribution in [0.15, 0.2) is 35.0 Å². The summed E-state index contributed by atoms with van der Waals surface area (Å²) in [5.41, 5.74) is 3.74. The van der Waals surface area contributed by atoms with Crippen molar-refractivity contribution in [3.63, 3.8) is 0 Å². The molecule has 0 saturated heterocycles. The van der Waals surface area contributed by atoms with Crippen molar-refractivity contribution >= 4 is 34.5 Å². The maximum atomic E-state index is 12.0. The lowest BCUT2D eigenvalue weighted by molar-refractivity contribution is 0.102. The van der Waals surface area contributed by atoms with E-state index in [1.165, 1.54) is 16.9 Å². The van der Waals surface area contributed by atoms with Gasteiger partial charge in [-0.2, -0.15) is 11.3 Å². The van der Waals surface area contributed by atoms with E-state index in [9.17, 15) is 4.79 Å². The molecule has 2 nitrogen and oxygen atoms in total. The normalized spacial score (nSPS) is 10.3. The summed E-state index contributed by atoms with van der Waals surface area (Å²) in [6.45, 7) is 1.94. The fraction of sp³-hybridized carbons (Fsp3) is 0.214. The second-order valence-corrected chi connectivity index (χ2v) is 5.18. The van der Waals surface area contributed by atoms with E-state index in [-0.39, 0.29) is 5.91 Å². The van der Waals surface area contributed by atoms with Gasteiger partial charge in [-0.05, 0) is 42.0 Å². The second kappa shape index (κ2) is 6.03. The molecule has 94 valence electrons. The molecule has 1 aromatic heterocycles. The average molecular weight is 280 g/mol. The number of benzene rings is 1. The third kappa shape index (κ3) is 3.12. The largest absolute Gasteiger partial charge is 0.322 e. The van der Waals surface area contributed by atoms with Crippen LogP contribution in [-0.4, -0.2) is 11.8 Å². The van der Waals surface area contributed by atoms with Gasteiger partial charge in [0, 0.05) is 16.9 Å². The van der Waals surface area contributed by atoms with Crippen molar-refractivity contribution in [2.24, 2.45) is 0 Å². The van der Waals surface area contributed by atoms with Crippen LogP contribution in [0.3, 0.4) is 0 Å². The number of amides is 1. The van der Waals surface area contributed by atoms with Crippen molar-refractivity contribution in [1.82, 2.24) is 0 Å². The molecule has 0 aliphatic carbocycles. The zero-order valence-electron chi connectivity index (χ0n) is 10.1. The van der Waals surface area contributed by atoms with E-state index < -0.39 is 0 Å². The van der Waals surface area contributed by atoms with E-state index in [1.54, 1.807) is 0 Å². The van der Waals surface area contributed by atoms with Crippen LogP contribution in [0.25, 0.3) is 0 Å². The molecule has 1 aromatic carbocycles. The highest BCUT2D eigenvalue weighted by Gasteiger charge is 2.09. The summed E-state index contributed by atoms with van der Waals surface area (Å²) >= 11 is 7.22. The fourth-order valence-corrected chi connectivity index (χ4v) is 2.70. The Balaban J connectivity index is 2.05. The monoisotopic (exact) mass is 279 g/mol. The molecule has 1 N–H and O–H groups in total. The zero-order chi connectivity index (χ0) is 13.0. The highest BCUT2D eigenvalue weighted by atomic mass is 35.5. The number of carbonyl (C=O) groups excluding carboxylic acids is 1. The number of hydrogen-bond donors (Lipinski definition) is 1. The summed E-state index contributed by atoms with van der Waals surface area (Å²) in [6.07, 6.45) is 0.847. The molecule has 0 aliphatic rings. The van der Waals surface area contributed by atoms with E-state index in [0.717, 1.165) is 23.2 Å². The molecule has 0 atom stereocenters. The highest BCUT2D eigenvalue weighted by Crippen LogP contribution is 2.17. The molecular weight excluding hydrogens is 266 g/mol. The van der Waals surface area contributed by atoms with Crippen LogP contribution >= 0.6 is 22.9 Å². The highest BCUT2D eigenvalue weighted by molar-refractivity contribution is 7.08. The first kappa shape index (κ1) is 13.1. The zero-order valence-corrected chi connectivity index (χ0v) is 11.6. The average Bonchev–Trinajstić information content (AvgIpc) is 2.78. The maximum Gasteiger partial charge on any atom is 0.256 e. The quantitative estimate of drug-likeness (QED) is 0.839. The first-order chi connectivity index (χ1) is 8.70. The van der Waals surface area contributed by atoms with Crippen molar-refractivity contribution in [2.45, 2.75) is 13.3 Å². The Hall–Kier alpha value is -1.32. The molecule has 0 saturated carbocycles. The summed E-state index contributed by atoms with van der Waals surface area (Å²) in [5.74, 6) is 0.554. The lowest BCUT2D eigenvalue weighted by atomic mass is 10.1. The Bertz CT molecular complexity index is 533. The van der Waals surface area contributed by atoms with E-state index in [2.05, 4.69) is 5.32 Å². The summed E-state index contributed by atoms with van der Waals surface area (Å²) in [4.78, 5) is 12.0. The third-order valence-corrected chi connectivity index (χ3v) is 3.75. The van der Waals surface area contributed by atoms with Crippen molar-refractivity contribution in [3.8, 4) is 0 Å². The van der Waals surface area contributed by atoms with Crippen molar-refractivity contribution in [3.05, 3.63) is 51.7 Å². The molecule has 0 unspecified atom stereocenters. The predicted molar refractivity (Wildman–Crippen MR) is 77.9 cm³/mol. The number of nitrogens with one attached hydrogen (secondary N) is 1. The van der Waals surface area contributed by atoms with Gasteiger partial charge in [0.25, 0.3) is 5.91 Å². The van der Waals surface area contributed by atoms with Gasteiger partial charge in [0.2, 0.25) is 0 Å². The molecule has 0 fully saturated rings. The molecular formula is C14H14ClNOS. The molecule has 2 rings (SSSR count). The van der Waals surface area contributed by atoms with Gasteiger partial charge in [0.15, 0.2) is 0 Å². The standard InChI is InChI=1S/C14H14ClNOS/c1-10-8-18-9-13(10)14(17)16-12-4-2-11(3-5-12)6-7-15/h2-5,8-9H,6-7H2,1H3,(H,16,17). The second-order valence-electron chi connectivity index (χ2n) is 4.06. The number of alkyl halides is 1. The smallest absolute Gasteiger partial charge is 0.256 e. The van der Waals surface area contributed by atoms with Crippen LogP contribution in [0.1, 0.15) is 21.5 Å². The lowest BCUT2D eigenvalue weighted by Crippen LogP contribution is -2.11.